The Morgan fingerprint density at radius 1 is 1.62 bits per heavy atom. The maximum Gasteiger partial charge on any atom is 0.299 e. The summed E-state index contributed by atoms with van der Waals surface area (Å²) in [6.45, 7) is 6.52. The van der Waals surface area contributed by atoms with E-state index in [1.165, 1.54) is 0 Å². The molecule has 2 N–H and O–H groups in total. The summed E-state index contributed by atoms with van der Waals surface area (Å²) >= 11 is 0. The molecule has 0 rings (SSSR count). The summed E-state index contributed by atoms with van der Waals surface area (Å²) in [4.78, 5) is 10.2. The molecule has 76 valence electrons. The summed E-state index contributed by atoms with van der Waals surface area (Å²) in [7, 11) is -4.46. The molecule has 0 bridgehead atoms. The van der Waals surface area contributed by atoms with Gasteiger partial charge < -0.3 is 5.32 Å². The van der Waals surface area contributed by atoms with E-state index < -0.39 is 20.9 Å². The van der Waals surface area contributed by atoms with Crippen LogP contribution in [0.5, 0.6) is 0 Å². The number of hydrogen-bond acceptors (Lipinski definition) is 3. The molecule has 0 aromatic rings. The lowest BCUT2D eigenvalue weighted by Crippen LogP contribution is -2.34. The third kappa shape index (κ3) is 4.05. The van der Waals surface area contributed by atoms with Crippen molar-refractivity contribution in [3.63, 3.8) is 0 Å². The molecular formula is C7H13NO4S. The number of carbonyl (C=O) groups excluding carboxylic acids is 1. The van der Waals surface area contributed by atoms with Crippen molar-refractivity contribution in [2.45, 2.75) is 26.3 Å². The first-order chi connectivity index (χ1) is 5.79. The van der Waals surface area contributed by atoms with Gasteiger partial charge in [0.25, 0.3) is 16.0 Å². The Morgan fingerprint density at radius 2 is 2.08 bits per heavy atom. The van der Waals surface area contributed by atoms with Crippen LogP contribution in [-0.2, 0) is 14.9 Å². The van der Waals surface area contributed by atoms with Crippen LogP contribution in [0, 0.1) is 0 Å². The van der Waals surface area contributed by atoms with Crippen LogP contribution in [0.25, 0.3) is 0 Å². The molecule has 0 aliphatic rings. The van der Waals surface area contributed by atoms with Crippen LogP contribution in [0.3, 0.4) is 0 Å². The van der Waals surface area contributed by atoms with Crippen molar-refractivity contribution >= 4 is 16.0 Å². The van der Waals surface area contributed by atoms with Gasteiger partial charge in [0.2, 0.25) is 0 Å². The zero-order valence-electron chi connectivity index (χ0n) is 7.57. The fourth-order valence-electron chi connectivity index (χ4n) is 0.523. The molecule has 0 aromatic heterocycles. The molecule has 1 atom stereocenters. The Balaban J connectivity index is 4.39. The molecule has 13 heavy (non-hydrogen) atoms. The minimum absolute atomic E-state index is 0.147. The van der Waals surface area contributed by atoms with Gasteiger partial charge in [-0.1, -0.05) is 13.5 Å². The van der Waals surface area contributed by atoms with E-state index in [9.17, 15) is 13.2 Å². The van der Waals surface area contributed by atoms with Crippen LogP contribution in [-0.4, -0.2) is 24.9 Å². The fraction of sp³-hybridized carbons (Fsp3) is 0.571. The summed E-state index contributed by atoms with van der Waals surface area (Å²) < 4.78 is 29.3. The number of hydrogen-bond donors (Lipinski definition) is 2. The second-order valence-electron chi connectivity index (χ2n) is 2.68. The van der Waals surface area contributed by atoms with Gasteiger partial charge in [-0.3, -0.25) is 9.35 Å². The van der Waals surface area contributed by atoms with Gasteiger partial charge in [-0.05, 0) is 13.3 Å². The highest BCUT2D eigenvalue weighted by molar-refractivity contribution is 7.90. The summed E-state index contributed by atoms with van der Waals surface area (Å²) in [6.07, 6.45) is 0.671. The monoisotopic (exact) mass is 207 g/mol. The predicted octanol–water partition coefficient (Wildman–Crippen LogP) is 0.303. The highest BCUT2D eigenvalue weighted by Gasteiger charge is 2.20. The van der Waals surface area contributed by atoms with E-state index >= 15 is 0 Å². The van der Waals surface area contributed by atoms with Gasteiger partial charge in [-0.2, -0.15) is 8.42 Å². The smallest absolute Gasteiger partial charge is 0.299 e. The number of nitrogens with one attached hydrogen (secondary N) is 1. The van der Waals surface area contributed by atoms with Gasteiger partial charge in [0.15, 0.2) is 4.91 Å². The second kappa shape index (κ2) is 4.38. The molecule has 0 saturated heterocycles. The Bertz CT molecular complexity index is 306. The van der Waals surface area contributed by atoms with Crippen LogP contribution in [0.4, 0.5) is 0 Å². The van der Waals surface area contributed by atoms with Crippen LogP contribution in [0.1, 0.15) is 20.3 Å². The van der Waals surface area contributed by atoms with Gasteiger partial charge in [0.05, 0.1) is 0 Å². The molecular weight excluding hydrogens is 194 g/mol. The van der Waals surface area contributed by atoms with Crippen molar-refractivity contribution in [3.05, 3.63) is 11.5 Å². The summed E-state index contributed by atoms with van der Waals surface area (Å²) in [5.74, 6) is -0.864. The predicted molar refractivity (Wildman–Crippen MR) is 48.6 cm³/mol. The number of amides is 1. The Labute approximate surface area is 77.6 Å². The molecule has 1 amide bonds. The topological polar surface area (TPSA) is 83.5 Å². The molecule has 0 spiro atoms. The van der Waals surface area contributed by atoms with Gasteiger partial charge in [0, 0.05) is 6.04 Å². The van der Waals surface area contributed by atoms with Crippen LogP contribution in [0.2, 0.25) is 0 Å². The van der Waals surface area contributed by atoms with Gasteiger partial charge in [-0.25, -0.2) is 0 Å². The Morgan fingerprint density at radius 3 is 2.38 bits per heavy atom. The first kappa shape index (κ1) is 12.1. The average Bonchev–Trinajstić information content (AvgIpc) is 2.01. The van der Waals surface area contributed by atoms with E-state index in [0.29, 0.717) is 6.42 Å². The average molecular weight is 207 g/mol. The number of rotatable bonds is 4. The van der Waals surface area contributed by atoms with Crippen molar-refractivity contribution in [2.24, 2.45) is 0 Å². The van der Waals surface area contributed by atoms with Crippen molar-refractivity contribution in [1.82, 2.24) is 5.32 Å². The Hall–Kier alpha value is -0.880. The third-order valence-electron chi connectivity index (χ3n) is 1.55. The molecule has 0 heterocycles. The molecule has 0 aliphatic heterocycles. The lowest BCUT2D eigenvalue weighted by molar-refractivity contribution is -0.117. The van der Waals surface area contributed by atoms with E-state index in [1.54, 1.807) is 6.92 Å². The molecule has 6 heteroatoms. The molecule has 0 aromatic carbocycles. The normalized spacial score (nSPS) is 13.5. The van der Waals surface area contributed by atoms with Crippen molar-refractivity contribution in [3.8, 4) is 0 Å². The maximum absolute atomic E-state index is 11.0. The van der Waals surface area contributed by atoms with Crippen molar-refractivity contribution in [1.29, 1.82) is 0 Å². The lowest BCUT2D eigenvalue weighted by atomic mass is 10.2. The van der Waals surface area contributed by atoms with Gasteiger partial charge >= 0.3 is 0 Å². The third-order valence-corrected chi connectivity index (χ3v) is 2.36. The summed E-state index contributed by atoms with van der Waals surface area (Å²) in [5, 5.41) is 2.36. The lowest BCUT2D eigenvalue weighted by Gasteiger charge is -2.10. The summed E-state index contributed by atoms with van der Waals surface area (Å²) in [6, 6.07) is -0.147. The highest BCUT2D eigenvalue weighted by Crippen LogP contribution is 2.01. The molecule has 0 saturated carbocycles. The second-order valence-corrected chi connectivity index (χ2v) is 4.12. The van der Waals surface area contributed by atoms with Crippen molar-refractivity contribution < 1.29 is 17.8 Å². The first-order valence-corrected chi connectivity index (χ1v) is 5.20. The minimum atomic E-state index is -4.46. The largest absolute Gasteiger partial charge is 0.349 e. The quantitative estimate of drug-likeness (QED) is 0.513. The molecule has 5 nitrogen and oxygen atoms in total. The standard InChI is InChI=1S/C7H13NO4S/c1-4-5(2)8-7(9)6(3)13(10,11)12/h5H,3-4H2,1-2H3,(H,8,9)(H,10,11,12). The van der Waals surface area contributed by atoms with Crippen LogP contribution >= 0.6 is 0 Å². The number of carbonyl (C=O) groups is 1. The molecule has 1 unspecified atom stereocenters. The van der Waals surface area contributed by atoms with E-state index in [0.717, 1.165) is 0 Å². The molecule has 0 radical (unpaired) electrons. The van der Waals surface area contributed by atoms with Gasteiger partial charge in [0.1, 0.15) is 0 Å². The van der Waals surface area contributed by atoms with Crippen LogP contribution in [0.15, 0.2) is 11.5 Å². The van der Waals surface area contributed by atoms with Crippen LogP contribution < -0.4 is 5.32 Å². The first-order valence-electron chi connectivity index (χ1n) is 3.76. The fourth-order valence-corrected chi connectivity index (χ4v) is 0.817. The molecule has 0 aliphatic carbocycles. The Kier molecular flexibility index (Phi) is 4.09. The molecule has 0 fully saturated rings. The van der Waals surface area contributed by atoms with E-state index in [-0.39, 0.29) is 6.04 Å². The summed E-state index contributed by atoms with van der Waals surface area (Å²) in [5.41, 5.74) is 0. The maximum atomic E-state index is 11.0. The van der Waals surface area contributed by atoms with Gasteiger partial charge in [-0.15, -0.1) is 0 Å². The zero-order chi connectivity index (χ0) is 10.6. The van der Waals surface area contributed by atoms with E-state index in [2.05, 4.69) is 11.9 Å². The van der Waals surface area contributed by atoms with E-state index in [4.69, 9.17) is 4.55 Å². The SMILES string of the molecule is C=C(C(=O)NC(C)CC)S(=O)(=O)O. The highest BCUT2D eigenvalue weighted by atomic mass is 32.2. The zero-order valence-corrected chi connectivity index (χ0v) is 8.39. The van der Waals surface area contributed by atoms with Crippen molar-refractivity contribution in [2.75, 3.05) is 0 Å². The van der Waals surface area contributed by atoms with E-state index in [1.807, 2.05) is 6.92 Å². The minimum Gasteiger partial charge on any atom is -0.349 e.